The molecule has 5 nitrogen and oxygen atoms in total. The summed E-state index contributed by atoms with van der Waals surface area (Å²) in [5, 5.41) is 0.627. The second-order valence-electron chi connectivity index (χ2n) is 4.85. The lowest BCUT2D eigenvalue weighted by molar-refractivity contribution is 0.412. The van der Waals surface area contributed by atoms with Crippen molar-refractivity contribution in [1.82, 2.24) is 19.9 Å². The molecule has 1 aromatic carbocycles. The lowest BCUT2D eigenvalue weighted by Gasteiger charge is -2.27. The van der Waals surface area contributed by atoms with E-state index in [1.165, 1.54) is 12.7 Å². The number of aromatic nitrogens is 4. The van der Waals surface area contributed by atoms with Crippen molar-refractivity contribution in [2.45, 2.75) is 5.92 Å². The van der Waals surface area contributed by atoms with Gasteiger partial charge in [-0.3, -0.25) is 0 Å². The van der Waals surface area contributed by atoms with Crippen LogP contribution in [0.1, 0.15) is 22.6 Å². The largest absolute Gasteiger partial charge is 0.420 e. The summed E-state index contributed by atoms with van der Waals surface area (Å²) in [7, 11) is 0. The molecule has 0 saturated carbocycles. The van der Waals surface area contributed by atoms with E-state index in [1.807, 2.05) is 24.3 Å². The third-order valence-corrected chi connectivity index (χ3v) is 4.70. The predicted octanol–water partition coefficient (Wildman–Crippen LogP) is 4.62. The van der Waals surface area contributed by atoms with Gasteiger partial charge in [-0.1, -0.05) is 51.3 Å². The first-order valence-electron chi connectivity index (χ1n) is 6.59. The predicted molar refractivity (Wildman–Crippen MR) is 89.2 cm³/mol. The van der Waals surface area contributed by atoms with Gasteiger partial charge in [-0.25, -0.2) is 19.9 Å². The molecule has 8 heteroatoms. The van der Waals surface area contributed by atoms with Crippen LogP contribution in [-0.2, 0) is 0 Å². The standard InChI is InChI=1S/C15H7BrCl2N4O/c16-8-3-1-7(2-4-8)9-10-12(17)19-5-21-14(10)23-15-11(9)13(18)20-6-22-15/h1-6,9H. The Morgan fingerprint density at radius 3 is 1.87 bits per heavy atom. The first-order valence-corrected chi connectivity index (χ1v) is 8.14. The van der Waals surface area contributed by atoms with E-state index in [0.717, 1.165) is 10.0 Å². The first-order chi connectivity index (χ1) is 11.1. The van der Waals surface area contributed by atoms with Crippen LogP contribution in [0.15, 0.2) is 41.4 Å². The molecule has 0 bridgehead atoms. The number of rotatable bonds is 1. The van der Waals surface area contributed by atoms with Gasteiger partial charge in [0.1, 0.15) is 23.0 Å². The molecule has 3 heterocycles. The zero-order valence-electron chi connectivity index (χ0n) is 11.4. The third-order valence-electron chi connectivity index (χ3n) is 3.57. The van der Waals surface area contributed by atoms with E-state index in [9.17, 15) is 0 Å². The number of halogens is 3. The molecule has 0 radical (unpaired) electrons. The minimum Gasteiger partial charge on any atom is -0.420 e. The summed E-state index contributed by atoms with van der Waals surface area (Å²) >= 11 is 16.1. The van der Waals surface area contributed by atoms with Crippen LogP contribution >= 0.6 is 39.1 Å². The summed E-state index contributed by atoms with van der Waals surface area (Å²) in [4.78, 5) is 16.5. The zero-order valence-corrected chi connectivity index (χ0v) is 14.5. The number of benzene rings is 1. The molecule has 0 saturated heterocycles. The second kappa shape index (κ2) is 5.70. The molecule has 3 aromatic rings. The van der Waals surface area contributed by atoms with E-state index in [4.69, 9.17) is 27.9 Å². The van der Waals surface area contributed by atoms with Crippen molar-refractivity contribution in [3.8, 4) is 11.8 Å². The molecule has 4 rings (SSSR count). The Bertz CT molecular complexity index is 853. The molecule has 0 spiro atoms. The zero-order chi connectivity index (χ0) is 16.0. The van der Waals surface area contributed by atoms with Gasteiger partial charge in [-0.05, 0) is 17.7 Å². The number of fused-ring (bicyclic) bond motifs is 2. The Morgan fingerprint density at radius 2 is 1.35 bits per heavy atom. The average Bonchev–Trinajstić information content (AvgIpc) is 2.54. The highest BCUT2D eigenvalue weighted by molar-refractivity contribution is 9.10. The van der Waals surface area contributed by atoms with Crippen LogP contribution in [0.2, 0.25) is 10.3 Å². The second-order valence-corrected chi connectivity index (χ2v) is 6.48. The maximum atomic E-state index is 6.31. The van der Waals surface area contributed by atoms with Gasteiger partial charge in [0.05, 0.1) is 17.0 Å². The van der Waals surface area contributed by atoms with Crippen molar-refractivity contribution in [2.24, 2.45) is 0 Å². The fourth-order valence-corrected chi connectivity index (χ4v) is 3.32. The Morgan fingerprint density at radius 1 is 0.826 bits per heavy atom. The summed E-state index contributed by atoms with van der Waals surface area (Å²) in [6.45, 7) is 0. The van der Waals surface area contributed by atoms with Gasteiger partial charge in [0.15, 0.2) is 0 Å². The van der Waals surface area contributed by atoms with Crippen LogP contribution in [0.25, 0.3) is 0 Å². The highest BCUT2D eigenvalue weighted by Gasteiger charge is 2.35. The van der Waals surface area contributed by atoms with E-state index in [1.54, 1.807) is 0 Å². The van der Waals surface area contributed by atoms with Gasteiger partial charge in [0, 0.05) is 4.47 Å². The SMILES string of the molecule is Clc1ncnc2c1C(c1ccc(Br)cc1)c1c(Cl)ncnc1O2. The Balaban J connectivity index is 2.02. The minimum absolute atomic E-state index is 0.302. The van der Waals surface area contributed by atoms with E-state index in [-0.39, 0.29) is 5.92 Å². The molecule has 1 aliphatic heterocycles. The molecule has 23 heavy (non-hydrogen) atoms. The smallest absolute Gasteiger partial charge is 0.230 e. The molecule has 2 aromatic heterocycles. The lowest BCUT2D eigenvalue weighted by Crippen LogP contribution is -2.16. The molecule has 1 aliphatic rings. The quantitative estimate of drug-likeness (QED) is 0.429. The van der Waals surface area contributed by atoms with E-state index in [2.05, 4.69) is 35.9 Å². The van der Waals surface area contributed by atoms with E-state index < -0.39 is 0 Å². The maximum Gasteiger partial charge on any atom is 0.230 e. The maximum absolute atomic E-state index is 6.31. The van der Waals surface area contributed by atoms with Gasteiger partial charge < -0.3 is 4.74 Å². The summed E-state index contributed by atoms with van der Waals surface area (Å²) in [5.74, 6) is 0.449. The van der Waals surface area contributed by atoms with Gasteiger partial charge in [-0.15, -0.1) is 0 Å². The van der Waals surface area contributed by atoms with Crippen molar-refractivity contribution in [3.63, 3.8) is 0 Å². The van der Waals surface area contributed by atoms with Crippen molar-refractivity contribution < 1.29 is 4.74 Å². The molecule has 0 aliphatic carbocycles. The van der Waals surface area contributed by atoms with Crippen LogP contribution in [0.5, 0.6) is 11.8 Å². The van der Waals surface area contributed by atoms with Gasteiger partial charge >= 0.3 is 0 Å². The summed E-state index contributed by atoms with van der Waals surface area (Å²) < 4.78 is 6.71. The van der Waals surface area contributed by atoms with Crippen molar-refractivity contribution in [3.05, 3.63) is 68.4 Å². The molecule has 0 fully saturated rings. The van der Waals surface area contributed by atoms with Crippen molar-refractivity contribution >= 4 is 39.1 Å². The van der Waals surface area contributed by atoms with E-state index >= 15 is 0 Å². The fraction of sp³-hybridized carbons (Fsp3) is 0.0667. The monoisotopic (exact) mass is 408 g/mol. The Hall–Kier alpha value is -1.76. The number of hydrogen-bond donors (Lipinski definition) is 0. The molecule has 0 amide bonds. The van der Waals surface area contributed by atoms with Gasteiger partial charge in [0.25, 0.3) is 0 Å². The van der Waals surface area contributed by atoms with Crippen LogP contribution in [0, 0.1) is 0 Å². The lowest BCUT2D eigenvalue weighted by atomic mass is 9.86. The molecule has 0 unspecified atom stereocenters. The molecular weight excluding hydrogens is 403 g/mol. The van der Waals surface area contributed by atoms with Crippen LogP contribution in [0.4, 0.5) is 0 Å². The molecular formula is C15H7BrCl2N4O. The normalized spacial score (nSPS) is 13.2. The van der Waals surface area contributed by atoms with Crippen LogP contribution in [-0.4, -0.2) is 19.9 Å². The van der Waals surface area contributed by atoms with Crippen molar-refractivity contribution in [2.75, 3.05) is 0 Å². The highest BCUT2D eigenvalue weighted by atomic mass is 79.9. The summed E-state index contributed by atoms with van der Waals surface area (Å²) in [5.41, 5.74) is 2.27. The molecule has 0 atom stereocenters. The Labute approximate surface area is 149 Å². The topological polar surface area (TPSA) is 60.8 Å². The first kappa shape index (κ1) is 14.8. The molecule has 114 valence electrons. The van der Waals surface area contributed by atoms with Gasteiger partial charge in [-0.2, -0.15) is 0 Å². The van der Waals surface area contributed by atoms with Crippen LogP contribution in [0.3, 0.4) is 0 Å². The highest BCUT2D eigenvalue weighted by Crippen LogP contribution is 2.49. The minimum atomic E-state index is -0.302. The molecule has 0 N–H and O–H groups in total. The summed E-state index contributed by atoms with van der Waals surface area (Å²) in [6, 6.07) is 7.83. The van der Waals surface area contributed by atoms with Crippen LogP contribution < -0.4 is 4.74 Å². The number of hydrogen-bond acceptors (Lipinski definition) is 5. The fourth-order valence-electron chi connectivity index (χ4n) is 2.59. The number of nitrogens with zero attached hydrogens (tertiary/aromatic N) is 4. The average molecular weight is 410 g/mol. The Kier molecular flexibility index (Phi) is 3.67. The van der Waals surface area contributed by atoms with E-state index in [0.29, 0.717) is 33.2 Å². The third kappa shape index (κ3) is 2.47. The van der Waals surface area contributed by atoms with Gasteiger partial charge in [0.2, 0.25) is 11.8 Å². The van der Waals surface area contributed by atoms with Crippen molar-refractivity contribution in [1.29, 1.82) is 0 Å². The number of ether oxygens (including phenoxy) is 1. The summed E-state index contributed by atoms with van der Waals surface area (Å²) in [6.07, 6.45) is 2.71.